The highest BCUT2D eigenvalue weighted by Crippen LogP contribution is 2.36. The molecule has 2 aromatic carbocycles. The molecule has 0 radical (unpaired) electrons. The van der Waals surface area contributed by atoms with Gasteiger partial charge < -0.3 is 9.42 Å². The normalized spacial score (nSPS) is 11.2. The van der Waals surface area contributed by atoms with Gasteiger partial charge in [-0.2, -0.15) is 0 Å². The van der Waals surface area contributed by atoms with E-state index >= 15 is 0 Å². The summed E-state index contributed by atoms with van der Waals surface area (Å²) in [5, 5.41) is 5.30. The highest BCUT2D eigenvalue weighted by molar-refractivity contribution is 5.96. The van der Waals surface area contributed by atoms with E-state index in [9.17, 15) is 0 Å². The number of aromatic nitrogens is 1. The molecule has 108 valence electrons. The molecule has 0 atom stereocenters. The highest BCUT2D eigenvalue weighted by atomic mass is 16.5. The molecule has 0 saturated carbocycles. The fourth-order valence-electron chi connectivity index (χ4n) is 2.77. The molecule has 0 fully saturated rings. The molecule has 0 spiro atoms. The molecule has 1 aliphatic heterocycles. The first kappa shape index (κ1) is 12.9. The molecule has 0 unspecified atom stereocenters. The van der Waals surface area contributed by atoms with Crippen LogP contribution in [-0.2, 0) is 0 Å². The third-order valence-electron chi connectivity index (χ3n) is 4.01. The lowest BCUT2D eigenvalue weighted by Crippen LogP contribution is -2.07. The van der Waals surface area contributed by atoms with Crippen LogP contribution in [0.1, 0.15) is 0 Å². The van der Waals surface area contributed by atoms with Crippen LogP contribution in [0.3, 0.4) is 0 Å². The fraction of sp³-hybridized carbons (Fsp3) is 0.105. The maximum atomic E-state index is 5.53. The van der Waals surface area contributed by atoms with E-state index in [1.165, 1.54) is 11.3 Å². The molecule has 0 saturated heterocycles. The van der Waals surface area contributed by atoms with Crippen LogP contribution in [0.15, 0.2) is 65.2 Å². The molecule has 4 rings (SSSR count). The third-order valence-corrected chi connectivity index (χ3v) is 4.01. The van der Waals surface area contributed by atoms with Crippen molar-refractivity contribution in [3.8, 4) is 22.5 Å². The van der Waals surface area contributed by atoms with Crippen molar-refractivity contribution >= 4 is 16.6 Å². The van der Waals surface area contributed by atoms with Crippen LogP contribution in [-0.4, -0.2) is 19.3 Å². The van der Waals surface area contributed by atoms with E-state index in [1.807, 2.05) is 32.3 Å². The van der Waals surface area contributed by atoms with Gasteiger partial charge in [0.05, 0.1) is 0 Å². The predicted octanol–water partition coefficient (Wildman–Crippen LogP) is 4.67. The molecule has 1 aliphatic carbocycles. The van der Waals surface area contributed by atoms with Gasteiger partial charge in [0, 0.05) is 30.7 Å². The van der Waals surface area contributed by atoms with Crippen molar-refractivity contribution in [1.29, 1.82) is 0 Å². The summed E-state index contributed by atoms with van der Waals surface area (Å²) in [6, 6.07) is 20.8. The maximum Gasteiger partial charge on any atom is 0.166 e. The number of benzene rings is 2. The maximum absolute atomic E-state index is 5.53. The Morgan fingerprint density at radius 1 is 0.864 bits per heavy atom. The quantitative estimate of drug-likeness (QED) is 0.537. The zero-order valence-electron chi connectivity index (χ0n) is 12.6. The van der Waals surface area contributed by atoms with E-state index in [-0.39, 0.29) is 0 Å². The van der Waals surface area contributed by atoms with Crippen LogP contribution < -0.4 is 4.90 Å². The van der Waals surface area contributed by atoms with Crippen molar-refractivity contribution in [3.05, 3.63) is 60.7 Å². The minimum atomic E-state index is 0.824. The summed E-state index contributed by atoms with van der Waals surface area (Å²) in [6.07, 6.45) is 0. The highest BCUT2D eigenvalue weighted by Gasteiger charge is 2.15. The van der Waals surface area contributed by atoms with Crippen LogP contribution in [0.5, 0.6) is 0 Å². The molecule has 0 N–H and O–H groups in total. The summed E-state index contributed by atoms with van der Waals surface area (Å²) in [6.45, 7) is 0. The molecular formula is C19H16N2O. The average Bonchev–Trinajstić information content (AvgIpc) is 2.99. The van der Waals surface area contributed by atoms with Crippen LogP contribution >= 0.6 is 0 Å². The van der Waals surface area contributed by atoms with Crippen LogP contribution in [0, 0.1) is 0 Å². The van der Waals surface area contributed by atoms with Crippen molar-refractivity contribution in [2.24, 2.45) is 0 Å². The second-order valence-corrected chi connectivity index (χ2v) is 5.66. The first-order chi connectivity index (χ1) is 10.7. The number of nitrogens with zero attached hydrogens (tertiary/aromatic N) is 2. The number of hydrogen-bond donors (Lipinski definition) is 0. The summed E-state index contributed by atoms with van der Waals surface area (Å²) in [5.74, 6) is 0.824. The molecule has 3 nitrogen and oxygen atoms in total. The van der Waals surface area contributed by atoms with Gasteiger partial charge in [-0.15, -0.1) is 0 Å². The Hall–Kier alpha value is -2.81. The Morgan fingerprint density at radius 3 is 2.41 bits per heavy atom. The van der Waals surface area contributed by atoms with Gasteiger partial charge in [-0.25, -0.2) is 0 Å². The standard InChI is InChI=1S/C19H16N2O/c1-21(2)15-9-7-13(8-10-15)14-11-17-16-5-3-4-6-18(16)20-22-19(17)12-14/h3-12H,1-2H3. The minimum absolute atomic E-state index is 0.824. The Morgan fingerprint density at radius 2 is 1.64 bits per heavy atom. The zero-order chi connectivity index (χ0) is 15.1. The molecular weight excluding hydrogens is 272 g/mol. The lowest BCUT2D eigenvalue weighted by atomic mass is 10.1. The summed E-state index contributed by atoms with van der Waals surface area (Å²) >= 11 is 0. The molecule has 0 amide bonds. The van der Waals surface area contributed by atoms with Gasteiger partial charge in [0.25, 0.3) is 0 Å². The molecule has 2 aromatic rings. The van der Waals surface area contributed by atoms with Crippen molar-refractivity contribution < 1.29 is 4.52 Å². The summed E-state index contributed by atoms with van der Waals surface area (Å²) in [7, 11) is 4.09. The largest absolute Gasteiger partial charge is 0.378 e. The van der Waals surface area contributed by atoms with Crippen LogP contribution in [0.4, 0.5) is 5.69 Å². The third kappa shape index (κ3) is 2.02. The minimum Gasteiger partial charge on any atom is -0.378 e. The smallest absolute Gasteiger partial charge is 0.166 e. The number of anilines is 1. The van der Waals surface area contributed by atoms with Crippen LogP contribution in [0.2, 0.25) is 0 Å². The SMILES string of the molecule is CN(C)c1ccc(-c2cc3onc4ccccc4c-3c2)cc1. The molecule has 0 aromatic heterocycles. The number of hydrogen-bond acceptors (Lipinski definition) is 3. The second kappa shape index (κ2) is 4.88. The first-order valence-corrected chi connectivity index (χ1v) is 7.28. The van der Waals surface area contributed by atoms with E-state index in [2.05, 4.69) is 52.5 Å². The van der Waals surface area contributed by atoms with Crippen molar-refractivity contribution in [3.63, 3.8) is 0 Å². The van der Waals surface area contributed by atoms with Gasteiger partial charge in [-0.1, -0.05) is 35.5 Å². The van der Waals surface area contributed by atoms with E-state index in [0.29, 0.717) is 0 Å². The monoisotopic (exact) mass is 288 g/mol. The predicted molar refractivity (Wildman–Crippen MR) is 90.4 cm³/mol. The van der Waals surface area contributed by atoms with Crippen molar-refractivity contribution in [1.82, 2.24) is 5.16 Å². The topological polar surface area (TPSA) is 29.3 Å². The van der Waals surface area contributed by atoms with E-state index < -0.39 is 0 Å². The van der Waals surface area contributed by atoms with Gasteiger partial charge >= 0.3 is 0 Å². The van der Waals surface area contributed by atoms with Gasteiger partial charge in [-0.05, 0) is 41.5 Å². The Balaban J connectivity index is 1.86. The molecule has 0 bridgehead atoms. The zero-order valence-corrected chi connectivity index (χ0v) is 12.6. The number of fused-ring (bicyclic) bond motifs is 3. The van der Waals surface area contributed by atoms with E-state index in [1.54, 1.807) is 0 Å². The Kier molecular flexibility index (Phi) is 2.86. The molecule has 2 aliphatic rings. The van der Waals surface area contributed by atoms with Crippen LogP contribution in [0.25, 0.3) is 33.4 Å². The second-order valence-electron chi connectivity index (χ2n) is 5.66. The van der Waals surface area contributed by atoms with Gasteiger partial charge in [-0.3, -0.25) is 0 Å². The lowest BCUT2D eigenvalue weighted by molar-refractivity contribution is 0.427. The fourth-order valence-corrected chi connectivity index (χ4v) is 2.77. The molecule has 3 heteroatoms. The van der Waals surface area contributed by atoms with E-state index in [4.69, 9.17) is 4.52 Å². The Bertz CT molecular complexity index is 906. The van der Waals surface area contributed by atoms with Gasteiger partial charge in [0.1, 0.15) is 5.52 Å². The summed E-state index contributed by atoms with van der Waals surface area (Å²) in [4.78, 5) is 2.10. The van der Waals surface area contributed by atoms with Gasteiger partial charge in [0.2, 0.25) is 0 Å². The molecule has 22 heavy (non-hydrogen) atoms. The number of rotatable bonds is 2. The Labute approximate surface area is 129 Å². The average molecular weight is 288 g/mol. The van der Waals surface area contributed by atoms with Crippen molar-refractivity contribution in [2.75, 3.05) is 19.0 Å². The van der Waals surface area contributed by atoms with Crippen molar-refractivity contribution in [2.45, 2.75) is 0 Å². The summed E-state index contributed by atoms with van der Waals surface area (Å²) < 4.78 is 5.53. The van der Waals surface area contributed by atoms with Gasteiger partial charge in [0.15, 0.2) is 5.76 Å². The first-order valence-electron chi connectivity index (χ1n) is 7.28. The van der Waals surface area contributed by atoms with E-state index in [0.717, 1.165) is 27.8 Å². The lowest BCUT2D eigenvalue weighted by Gasteiger charge is -2.12. The molecule has 1 heterocycles. The summed E-state index contributed by atoms with van der Waals surface area (Å²) in [5.41, 5.74) is 5.52.